The van der Waals surface area contributed by atoms with Crippen LogP contribution in [0.15, 0.2) is 66.9 Å². The third kappa shape index (κ3) is 3.33. The van der Waals surface area contributed by atoms with Crippen LogP contribution in [0.1, 0.15) is 25.0 Å². The molecule has 2 nitrogen and oxygen atoms in total. The Balaban J connectivity index is 2.14. The fraction of sp³-hybridized carbons (Fsp3) is 0.190. The van der Waals surface area contributed by atoms with Gasteiger partial charge in [-0.05, 0) is 49.6 Å². The van der Waals surface area contributed by atoms with Crippen molar-refractivity contribution in [3.8, 4) is 22.4 Å². The lowest BCUT2D eigenvalue weighted by molar-refractivity contribution is 0.0788. The van der Waals surface area contributed by atoms with Crippen molar-refractivity contribution >= 4 is 0 Å². The average molecular weight is 303 g/mol. The van der Waals surface area contributed by atoms with E-state index in [9.17, 15) is 5.11 Å². The van der Waals surface area contributed by atoms with Gasteiger partial charge in [0.05, 0.1) is 11.3 Å². The highest BCUT2D eigenvalue weighted by Gasteiger charge is 2.22. The smallest absolute Gasteiger partial charge is 0.0861 e. The number of aromatic nitrogens is 1. The van der Waals surface area contributed by atoms with Gasteiger partial charge in [0.2, 0.25) is 0 Å². The number of hydrogen-bond donors (Lipinski definition) is 1. The van der Waals surface area contributed by atoms with Crippen LogP contribution in [0.2, 0.25) is 0 Å². The first-order chi connectivity index (χ1) is 10.9. The Kier molecular flexibility index (Phi) is 4.01. The molecule has 3 rings (SSSR count). The maximum Gasteiger partial charge on any atom is 0.0861 e. The van der Waals surface area contributed by atoms with E-state index in [0.717, 1.165) is 27.9 Å². The van der Waals surface area contributed by atoms with Gasteiger partial charge in [-0.2, -0.15) is 0 Å². The molecule has 1 N–H and O–H groups in total. The maximum atomic E-state index is 10.5. The summed E-state index contributed by atoms with van der Waals surface area (Å²) in [6.07, 6.45) is 1.85. The lowest BCUT2D eigenvalue weighted by Crippen LogP contribution is -2.17. The summed E-state index contributed by atoms with van der Waals surface area (Å²) < 4.78 is 0. The summed E-state index contributed by atoms with van der Waals surface area (Å²) in [5, 5.41) is 10.5. The Labute approximate surface area is 137 Å². The van der Waals surface area contributed by atoms with Gasteiger partial charge < -0.3 is 5.11 Å². The Hall–Kier alpha value is -2.45. The number of aryl methyl sites for hydroxylation is 1. The Morgan fingerprint density at radius 1 is 0.826 bits per heavy atom. The van der Waals surface area contributed by atoms with Gasteiger partial charge in [-0.25, -0.2) is 0 Å². The lowest BCUT2D eigenvalue weighted by Gasteiger charge is -2.22. The van der Waals surface area contributed by atoms with Crippen molar-refractivity contribution < 1.29 is 5.11 Å². The normalized spacial score (nSPS) is 11.5. The molecule has 0 spiro atoms. The van der Waals surface area contributed by atoms with E-state index in [0.29, 0.717) is 0 Å². The molecule has 0 amide bonds. The van der Waals surface area contributed by atoms with Gasteiger partial charge in [0.1, 0.15) is 0 Å². The predicted molar refractivity (Wildman–Crippen MR) is 95.1 cm³/mol. The Morgan fingerprint density at radius 3 is 2.17 bits per heavy atom. The van der Waals surface area contributed by atoms with Crippen molar-refractivity contribution in [1.29, 1.82) is 0 Å². The molecule has 2 aromatic carbocycles. The van der Waals surface area contributed by atoms with Crippen LogP contribution in [-0.4, -0.2) is 10.1 Å². The number of pyridine rings is 1. The first kappa shape index (κ1) is 15.4. The van der Waals surface area contributed by atoms with Gasteiger partial charge in [0, 0.05) is 17.3 Å². The van der Waals surface area contributed by atoms with E-state index in [2.05, 4.69) is 29.2 Å². The largest absolute Gasteiger partial charge is 0.386 e. The topological polar surface area (TPSA) is 33.1 Å². The van der Waals surface area contributed by atoms with E-state index < -0.39 is 5.60 Å². The van der Waals surface area contributed by atoms with Crippen LogP contribution in [0.4, 0.5) is 0 Å². The minimum Gasteiger partial charge on any atom is -0.386 e. The quantitative estimate of drug-likeness (QED) is 0.742. The fourth-order valence-corrected chi connectivity index (χ4v) is 2.74. The molecule has 23 heavy (non-hydrogen) atoms. The third-order valence-electron chi connectivity index (χ3n) is 3.93. The highest BCUT2D eigenvalue weighted by molar-refractivity contribution is 5.73. The van der Waals surface area contributed by atoms with Gasteiger partial charge in [0.25, 0.3) is 0 Å². The first-order valence-corrected chi connectivity index (χ1v) is 7.80. The zero-order valence-electron chi connectivity index (χ0n) is 13.7. The molecule has 0 fully saturated rings. The Morgan fingerprint density at radius 2 is 1.48 bits per heavy atom. The molecule has 0 bridgehead atoms. The molecule has 1 aromatic heterocycles. The summed E-state index contributed by atoms with van der Waals surface area (Å²) in [5.41, 5.74) is 5.13. The number of benzene rings is 2. The molecule has 0 aliphatic carbocycles. The van der Waals surface area contributed by atoms with Gasteiger partial charge >= 0.3 is 0 Å². The number of rotatable bonds is 3. The van der Waals surface area contributed by atoms with E-state index in [1.165, 1.54) is 5.56 Å². The number of aliphatic hydroxyl groups is 1. The molecule has 0 atom stereocenters. The summed E-state index contributed by atoms with van der Waals surface area (Å²) in [6.45, 7) is 5.59. The number of nitrogens with zero attached hydrogens (tertiary/aromatic N) is 1. The van der Waals surface area contributed by atoms with Crippen molar-refractivity contribution in [3.63, 3.8) is 0 Å². The van der Waals surface area contributed by atoms with Crippen LogP contribution in [0.3, 0.4) is 0 Å². The number of hydrogen-bond acceptors (Lipinski definition) is 2. The highest BCUT2D eigenvalue weighted by Crippen LogP contribution is 2.32. The SMILES string of the molecule is Cc1cnc(-c2cccc(-c3ccccc3)c2)c(C(C)(C)O)c1. The molecular formula is C21H21NO. The third-order valence-corrected chi connectivity index (χ3v) is 3.93. The molecule has 1 heterocycles. The zero-order valence-corrected chi connectivity index (χ0v) is 13.7. The minimum atomic E-state index is -0.933. The summed E-state index contributed by atoms with van der Waals surface area (Å²) in [5.74, 6) is 0. The van der Waals surface area contributed by atoms with E-state index >= 15 is 0 Å². The molecular weight excluding hydrogens is 282 g/mol. The minimum absolute atomic E-state index is 0.834. The van der Waals surface area contributed by atoms with Crippen molar-refractivity contribution in [2.75, 3.05) is 0 Å². The van der Waals surface area contributed by atoms with Crippen LogP contribution >= 0.6 is 0 Å². The predicted octanol–water partition coefficient (Wildman–Crippen LogP) is 4.95. The van der Waals surface area contributed by atoms with Gasteiger partial charge in [0.15, 0.2) is 0 Å². The summed E-state index contributed by atoms with van der Waals surface area (Å²) in [7, 11) is 0. The van der Waals surface area contributed by atoms with Crippen LogP contribution in [0.5, 0.6) is 0 Å². The van der Waals surface area contributed by atoms with Crippen molar-refractivity contribution in [2.45, 2.75) is 26.4 Å². The van der Waals surface area contributed by atoms with Gasteiger partial charge in [-0.3, -0.25) is 4.98 Å². The zero-order chi connectivity index (χ0) is 16.4. The second-order valence-electron chi connectivity index (χ2n) is 6.41. The molecule has 0 unspecified atom stereocenters. The molecule has 0 saturated carbocycles. The maximum absolute atomic E-state index is 10.5. The molecule has 0 aliphatic heterocycles. The molecule has 2 heteroatoms. The summed E-state index contributed by atoms with van der Waals surface area (Å²) in [4.78, 5) is 4.59. The molecule has 0 radical (unpaired) electrons. The van der Waals surface area contributed by atoms with E-state index in [1.807, 2.05) is 49.5 Å². The van der Waals surface area contributed by atoms with Crippen LogP contribution in [-0.2, 0) is 5.60 Å². The monoisotopic (exact) mass is 303 g/mol. The van der Waals surface area contributed by atoms with Crippen molar-refractivity contribution in [3.05, 3.63) is 78.0 Å². The standard InChI is InChI=1S/C21H21NO/c1-15-12-19(21(2,3)23)20(22-14-15)18-11-7-10-17(13-18)16-8-5-4-6-9-16/h4-14,23H,1-3H3. The molecule has 0 saturated heterocycles. The molecule has 116 valence electrons. The first-order valence-electron chi connectivity index (χ1n) is 7.80. The van der Waals surface area contributed by atoms with E-state index in [-0.39, 0.29) is 0 Å². The second-order valence-corrected chi connectivity index (χ2v) is 6.41. The fourth-order valence-electron chi connectivity index (χ4n) is 2.74. The van der Waals surface area contributed by atoms with E-state index in [1.54, 1.807) is 13.8 Å². The second kappa shape index (κ2) is 5.98. The Bertz CT molecular complexity index is 817. The van der Waals surface area contributed by atoms with Crippen LogP contribution in [0.25, 0.3) is 22.4 Å². The highest BCUT2D eigenvalue weighted by atomic mass is 16.3. The van der Waals surface area contributed by atoms with Crippen molar-refractivity contribution in [1.82, 2.24) is 4.98 Å². The summed E-state index contributed by atoms with van der Waals surface area (Å²) >= 11 is 0. The lowest BCUT2D eigenvalue weighted by atomic mass is 9.91. The van der Waals surface area contributed by atoms with Crippen LogP contribution < -0.4 is 0 Å². The summed E-state index contributed by atoms with van der Waals surface area (Å²) in [6, 6.07) is 20.6. The molecule has 0 aliphatic rings. The van der Waals surface area contributed by atoms with Gasteiger partial charge in [-0.1, -0.05) is 48.5 Å². The van der Waals surface area contributed by atoms with Crippen molar-refractivity contribution in [2.24, 2.45) is 0 Å². The molecule has 3 aromatic rings. The average Bonchev–Trinajstić information content (AvgIpc) is 2.55. The van der Waals surface area contributed by atoms with Crippen LogP contribution in [0, 0.1) is 6.92 Å². The van der Waals surface area contributed by atoms with Gasteiger partial charge in [-0.15, -0.1) is 0 Å². The van der Waals surface area contributed by atoms with E-state index in [4.69, 9.17) is 0 Å².